The van der Waals surface area contributed by atoms with Crippen LogP contribution in [0.25, 0.3) is 11.0 Å². The highest BCUT2D eigenvalue weighted by molar-refractivity contribution is 6.16. The summed E-state index contributed by atoms with van der Waals surface area (Å²) in [6.07, 6.45) is 0.904. The third-order valence-electron chi connectivity index (χ3n) is 4.07. The van der Waals surface area contributed by atoms with Gasteiger partial charge < -0.3 is 14.0 Å². The maximum atomic E-state index is 14.8. The van der Waals surface area contributed by atoms with E-state index in [1.807, 2.05) is 6.92 Å². The topological polar surface area (TPSA) is 53.3 Å². The zero-order chi connectivity index (χ0) is 15.9. The predicted octanol–water partition coefficient (Wildman–Crippen LogP) is 3.05. The second-order valence-electron chi connectivity index (χ2n) is 5.26. The van der Waals surface area contributed by atoms with Crippen LogP contribution in [-0.2, 0) is 15.4 Å². The van der Waals surface area contributed by atoms with Gasteiger partial charge in [0.15, 0.2) is 5.82 Å². The molecule has 2 atom stereocenters. The molecule has 0 N–H and O–H groups in total. The van der Waals surface area contributed by atoms with Crippen LogP contribution in [0.3, 0.4) is 0 Å². The lowest BCUT2D eigenvalue weighted by molar-refractivity contribution is -0.0759. The standard InChI is InChI=1S/C15H16ClFN2O3/c1-8(11-5-6-22-11)19-12(7-16)18-10-4-3-9(15(20)21-2)13(17)14(10)19/h3-4,8,11H,5-7H2,1-2H3/t8-,11+/m1/s1. The number of fused-ring (bicyclic) bond motifs is 1. The van der Waals surface area contributed by atoms with Gasteiger partial charge in [0.1, 0.15) is 11.3 Å². The van der Waals surface area contributed by atoms with Crippen molar-refractivity contribution in [3.63, 3.8) is 0 Å². The number of hydrogen-bond donors (Lipinski definition) is 0. The number of methoxy groups -OCH3 is 1. The van der Waals surface area contributed by atoms with Crippen molar-refractivity contribution in [2.45, 2.75) is 31.4 Å². The molecule has 22 heavy (non-hydrogen) atoms. The lowest BCUT2D eigenvalue weighted by atomic mass is 10.1. The number of alkyl halides is 1. The Bertz CT molecular complexity index is 727. The van der Waals surface area contributed by atoms with Gasteiger partial charge in [0.05, 0.1) is 36.2 Å². The molecule has 2 aromatic rings. The molecule has 1 aromatic heterocycles. The normalized spacial score (nSPS) is 19.0. The first-order valence-electron chi connectivity index (χ1n) is 7.03. The molecule has 0 amide bonds. The van der Waals surface area contributed by atoms with Crippen molar-refractivity contribution >= 4 is 28.6 Å². The number of rotatable bonds is 4. The average molecular weight is 327 g/mol. The lowest BCUT2D eigenvalue weighted by Crippen LogP contribution is -2.35. The Morgan fingerprint density at radius 2 is 2.36 bits per heavy atom. The molecule has 5 nitrogen and oxygen atoms in total. The number of carbonyl (C=O) groups is 1. The van der Waals surface area contributed by atoms with Gasteiger partial charge in [-0.2, -0.15) is 0 Å². The largest absolute Gasteiger partial charge is 0.465 e. The Morgan fingerprint density at radius 1 is 1.64 bits per heavy atom. The van der Waals surface area contributed by atoms with Crippen molar-refractivity contribution in [3.05, 3.63) is 29.3 Å². The third-order valence-corrected chi connectivity index (χ3v) is 4.31. The third kappa shape index (κ3) is 2.27. The van der Waals surface area contributed by atoms with Gasteiger partial charge in [-0.1, -0.05) is 0 Å². The summed E-state index contributed by atoms with van der Waals surface area (Å²) in [5, 5.41) is 0. The molecule has 0 unspecified atom stereocenters. The molecule has 2 heterocycles. The summed E-state index contributed by atoms with van der Waals surface area (Å²) in [5.74, 6) is -0.647. The number of hydrogen-bond acceptors (Lipinski definition) is 4. The van der Waals surface area contributed by atoms with Crippen LogP contribution in [0.5, 0.6) is 0 Å². The summed E-state index contributed by atoms with van der Waals surface area (Å²) >= 11 is 5.96. The van der Waals surface area contributed by atoms with E-state index in [-0.39, 0.29) is 29.1 Å². The van der Waals surface area contributed by atoms with E-state index < -0.39 is 11.8 Å². The fourth-order valence-corrected chi connectivity index (χ4v) is 2.99. The van der Waals surface area contributed by atoms with Crippen LogP contribution in [-0.4, -0.2) is 35.3 Å². The summed E-state index contributed by atoms with van der Waals surface area (Å²) in [7, 11) is 1.22. The molecule has 0 radical (unpaired) electrons. The van der Waals surface area contributed by atoms with Crippen molar-refractivity contribution in [2.24, 2.45) is 0 Å². The minimum atomic E-state index is -0.716. The highest BCUT2D eigenvalue weighted by Crippen LogP contribution is 2.32. The molecule has 0 spiro atoms. The van der Waals surface area contributed by atoms with Gasteiger partial charge >= 0.3 is 5.97 Å². The van der Waals surface area contributed by atoms with Gasteiger partial charge in [-0.3, -0.25) is 0 Å². The van der Waals surface area contributed by atoms with Gasteiger partial charge in [0.2, 0.25) is 0 Å². The molecule has 1 saturated heterocycles. The first kappa shape index (κ1) is 15.2. The average Bonchev–Trinajstić information content (AvgIpc) is 2.84. The van der Waals surface area contributed by atoms with Crippen LogP contribution in [0.15, 0.2) is 12.1 Å². The molecule has 1 aliphatic heterocycles. The van der Waals surface area contributed by atoms with Gasteiger partial charge in [0, 0.05) is 6.61 Å². The number of nitrogens with zero attached hydrogens (tertiary/aromatic N) is 2. The summed E-state index contributed by atoms with van der Waals surface area (Å²) in [4.78, 5) is 16.1. The van der Waals surface area contributed by atoms with E-state index in [4.69, 9.17) is 16.3 Å². The number of benzene rings is 1. The minimum absolute atomic E-state index is 0.000509. The van der Waals surface area contributed by atoms with E-state index >= 15 is 0 Å². The van der Waals surface area contributed by atoms with E-state index in [0.29, 0.717) is 17.9 Å². The van der Waals surface area contributed by atoms with Gasteiger partial charge in [-0.25, -0.2) is 14.2 Å². The van der Waals surface area contributed by atoms with Crippen LogP contribution in [0.2, 0.25) is 0 Å². The minimum Gasteiger partial charge on any atom is -0.465 e. The highest BCUT2D eigenvalue weighted by atomic mass is 35.5. The molecular weight excluding hydrogens is 311 g/mol. The summed E-state index contributed by atoms with van der Waals surface area (Å²) in [6, 6.07) is 2.87. The molecule has 1 aliphatic rings. The molecule has 1 aromatic carbocycles. The van der Waals surface area contributed by atoms with Gasteiger partial charge in [-0.05, 0) is 25.5 Å². The van der Waals surface area contributed by atoms with E-state index in [2.05, 4.69) is 9.72 Å². The Balaban J connectivity index is 2.21. The van der Waals surface area contributed by atoms with Crippen molar-refractivity contribution in [1.82, 2.24) is 9.55 Å². The van der Waals surface area contributed by atoms with Crippen molar-refractivity contribution < 1.29 is 18.7 Å². The number of imidazole rings is 1. The molecule has 118 valence electrons. The van der Waals surface area contributed by atoms with Crippen LogP contribution in [0.4, 0.5) is 4.39 Å². The molecule has 3 rings (SSSR count). The Hall–Kier alpha value is -1.66. The van der Waals surface area contributed by atoms with Gasteiger partial charge in [0.25, 0.3) is 0 Å². The second kappa shape index (κ2) is 5.85. The maximum Gasteiger partial charge on any atom is 0.340 e. The highest BCUT2D eigenvalue weighted by Gasteiger charge is 2.30. The number of carbonyl (C=O) groups excluding carboxylic acids is 1. The maximum absolute atomic E-state index is 14.8. The quantitative estimate of drug-likeness (QED) is 0.640. The van der Waals surface area contributed by atoms with Gasteiger partial charge in [-0.15, -0.1) is 11.6 Å². The molecule has 0 aliphatic carbocycles. The van der Waals surface area contributed by atoms with E-state index in [9.17, 15) is 9.18 Å². The van der Waals surface area contributed by atoms with Crippen LogP contribution >= 0.6 is 11.6 Å². The second-order valence-corrected chi connectivity index (χ2v) is 5.52. The van der Waals surface area contributed by atoms with Crippen molar-refractivity contribution in [1.29, 1.82) is 0 Å². The monoisotopic (exact) mass is 326 g/mol. The summed E-state index contributed by atoms with van der Waals surface area (Å²) < 4.78 is 26.7. The first-order valence-corrected chi connectivity index (χ1v) is 7.57. The molecule has 7 heteroatoms. The first-order chi connectivity index (χ1) is 10.6. The Kier molecular flexibility index (Phi) is 4.06. The van der Waals surface area contributed by atoms with Crippen LogP contribution < -0.4 is 0 Å². The molecule has 1 fully saturated rings. The Labute approximate surface area is 132 Å². The van der Waals surface area contributed by atoms with Crippen LogP contribution in [0, 0.1) is 5.82 Å². The molecule has 0 bridgehead atoms. The van der Waals surface area contributed by atoms with E-state index in [0.717, 1.165) is 6.42 Å². The fraction of sp³-hybridized carbons (Fsp3) is 0.467. The lowest BCUT2D eigenvalue weighted by Gasteiger charge is -2.33. The Morgan fingerprint density at radius 3 is 2.91 bits per heavy atom. The fourth-order valence-electron chi connectivity index (χ4n) is 2.80. The number of aromatic nitrogens is 2. The summed E-state index contributed by atoms with van der Waals surface area (Å²) in [5.41, 5.74) is 0.618. The SMILES string of the molecule is COC(=O)c1ccc2nc(CCl)n([C@H](C)[C@@H]3CCO3)c2c1F. The van der Waals surface area contributed by atoms with E-state index in [1.54, 1.807) is 10.6 Å². The van der Waals surface area contributed by atoms with Crippen LogP contribution in [0.1, 0.15) is 35.6 Å². The smallest absolute Gasteiger partial charge is 0.340 e. The van der Waals surface area contributed by atoms with Crippen molar-refractivity contribution in [3.8, 4) is 0 Å². The zero-order valence-corrected chi connectivity index (χ0v) is 13.1. The molecule has 0 saturated carbocycles. The van der Waals surface area contributed by atoms with E-state index in [1.165, 1.54) is 13.2 Å². The number of ether oxygens (including phenoxy) is 2. The molecular formula is C15H16ClFN2O3. The zero-order valence-electron chi connectivity index (χ0n) is 12.3. The summed E-state index contributed by atoms with van der Waals surface area (Å²) in [6.45, 7) is 2.64. The van der Waals surface area contributed by atoms with Crippen molar-refractivity contribution in [2.75, 3.05) is 13.7 Å². The number of esters is 1. The predicted molar refractivity (Wildman–Crippen MR) is 79.7 cm³/mol. The number of halogens is 2.